The minimum Gasteiger partial charge on any atom is -0.455 e. The van der Waals surface area contributed by atoms with Gasteiger partial charge in [-0.15, -0.1) is 11.8 Å². The number of carbonyl (C=O) groups excluding carboxylic acids is 1. The standard InChI is InChI=1S/C23H20FN3O3S/c1-15-4-2-3-5-19(15)22-26-23(30-27-22)20-11-10-18(29-20)13-31-14-21(28)25-12-16-6-8-17(24)9-7-16/h2-11H,12-14H2,1H3,(H,25,28). The highest BCUT2D eigenvalue weighted by Gasteiger charge is 2.15. The van der Waals surface area contributed by atoms with Crippen LogP contribution in [0.1, 0.15) is 16.9 Å². The molecule has 0 fully saturated rings. The topological polar surface area (TPSA) is 81.2 Å². The van der Waals surface area contributed by atoms with Crippen molar-refractivity contribution in [1.29, 1.82) is 0 Å². The Labute approximate surface area is 182 Å². The molecule has 6 nitrogen and oxygen atoms in total. The van der Waals surface area contributed by atoms with E-state index in [1.807, 2.05) is 37.3 Å². The van der Waals surface area contributed by atoms with Crippen molar-refractivity contribution in [3.8, 4) is 23.0 Å². The molecule has 158 valence electrons. The summed E-state index contributed by atoms with van der Waals surface area (Å²) in [7, 11) is 0. The third kappa shape index (κ3) is 5.40. The van der Waals surface area contributed by atoms with Gasteiger partial charge in [0.15, 0.2) is 5.76 Å². The number of carbonyl (C=O) groups is 1. The Hall–Kier alpha value is -3.39. The van der Waals surface area contributed by atoms with Crippen molar-refractivity contribution in [3.63, 3.8) is 0 Å². The van der Waals surface area contributed by atoms with Crippen molar-refractivity contribution in [2.75, 3.05) is 5.75 Å². The molecule has 2 aromatic carbocycles. The average Bonchev–Trinajstić information content (AvgIpc) is 3.43. The van der Waals surface area contributed by atoms with Crippen LogP contribution in [0.5, 0.6) is 0 Å². The van der Waals surface area contributed by atoms with Crippen LogP contribution >= 0.6 is 11.8 Å². The molecule has 2 heterocycles. The second-order valence-corrected chi connectivity index (χ2v) is 7.89. The lowest BCUT2D eigenvalue weighted by atomic mass is 10.1. The maximum Gasteiger partial charge on any atom is 0.293 e. The summed E-state index contributed by atoms with van der Waals surface area (Å²) in [5.41, 5.74) is 2.82. The molecule has 8 heteroatoms. The SMILES string of the molecule is Cc1ccccc1-c1noc(-c2ccc(CSCC(=O)NCc3ccc(F)cc3)o2)n1. The zero-order valence-electron chi connectivity index (χ0n) is 16.8. The van der Waals surface area contributed by atoms with Gasteiger partial charge in [0.05, 0.1) is 11.5 Å². The van der Waals surface area contributed by atoms with Crippen molar-refractivity contribution >= 4 is 17.7 Å². The fraction of sp³-hybridized carbons (Fsp3) is 0.174. The van der Waals surface area contributed by atoms with E-state index in [9.17, 15) is 9.18 Å². The summed E-state index contributed by atoms with van der Waals surface area (Å²) in [4.78, 5) is 16.4. The summed E-state index contributed by atoms with van der Waals surface area (Å²) in [6.07, 6.45) is 0. The van der Waals surface area contributed by atoms with Gasteiger partial charge in [-0.3, -0.25) is 4.79 Å². The Morgan fingerprint density at radius 3 is 2.71 bits per heavy atom. The van der Waals surface area contributed by atoms with Crippen LogP contribution in [0, 0.1) is 12.7 Å². The number of thioether (sulfide) groups is 1. The lowest BCUT2D eigenvalue weighted by molar-refractivity contribution is -0.118. The van der Waals surface area contributed by atoms with Crippen LogP contribution in [0.25, 0.3) is 23.0 Å². The Balaban J connectivity index is 1.27. The highest BCUT2D eigenvalue weighted by molar-refractivity contribution is 7.99. The van der Waals surface area contributed by atoms with E-state index in [0.717, 1.165) is 16.7 Å². The second kappa shape index (κ2) is 9.61. The van der Waals surface area contributed by atoms with Gasteiger partial charge in [-0.05, 0) is 42.3 Å². The van der Waals surface area contributed by atoms with E-state index < -0.39 is 0 Å². The van der Waals surface area contributed by atoms with E-state index in [2.05, 4.69) is 15.5 Å². The Morgan fingerprint density at radius 2 is 1.90 bits per heavy atom. The van der Waals surface area contributed by atoms with Gasteiger partial charge in [0, 0.05) is 12.1 Å². The van der Waals surface area contributed by atoms with E-state index in [0.29, 0.717) is 35.5 Å². The van der Waals surface area contributed by atoms with Crippen molar-refractivity contribution in [3.05, 3.63) is 83.4 Å². The molecule has 0 aliphatic rings. The number of aromatic nitrogens is 2. The van der Waals surface area contributed by atoms with Gasteiger partial charge in [-0.2, -0.15) is 4.98 Å². The van der Waals surface area contributed by atoms with Crippen LogP contribution in [0.15, 0.2) is 69.6 Å². The van der Waals surface area contributed by atoms with Crippen LogP contribution in [-0.4, -0.2) is 21.8 Å². The number of benzene rings is 2. The molecule has 2 aromatic heterocycles. The smallest absolute Gasteiger partial charge is 0.293 e. The van der Waals surface area contributed by atoms with Gasteiger partial charge >= 0.3 is 0 Å². The molecule has 0 unspecified atom stereocenters. The molecule has 0 atom stereocenters. The van der Waals surface area contributed by atoms with Crippen LogP contribution in [0.3, 0.4) is 0 Å². The highest BCUT2D eigenvalue weighted by Crippen LogP contribution is 2.26. The molecule has 0 radical (unpaired) electrons. The molecule has 4 aromatic rings. The van der Waals surface area contributed by atoms with Gasteiger partial charge in [0.2, 0.25) is 11.7 Å². The monoisotopic (exact) mass is 437 g/mol. The number of furan rings is 1. The predicted molar refractivity (Wildman–Crippen MR) is 117 cm³/mol. The van der Waals surface area contributed by atoms with E-state index in [1.54, 1.807) is 18.2 Å². The first-order valence-electron chi connectivity index (χ1n) is 9.66. The van der Waals surface area contributed by atoms with Crippen molar-refractivity contribution in [2.24, 2.45) is 0 Å². The number of hydrogen-bond donors (Lipinski definition) is 1. The Bertz CT molecular complexity index is 1170. The molecule has 0 saturated heterocycles. The van der Waals surface area contributed by atoms with Crippen LogP contribution in [-0.2, 0) is 17.1 Å². The zero-order chi connectivity index (χ0) is 21.6. The first-order chi connectivity index (χ1) is 15.1. The first kappa shape index (κ1) is 20.9. The molecule has 4 rings (SSSR count). The first-order valence-corrected chi connectivity index (χ1v) is 10.8. The molecule has 1 amide bonds. The number of hydrogen-bond acceptors (Lipinski definition) is 6. The molecule has 0 saturated carbocycles. The molecular weight excluding hydrogens is 417 g/mol. The van der Waals surface area contributed by atoms with Crippen LogP contribution in [0.4, 0.5) is 4.39 Å². The summed E-state index contributed by atoms with van der Waals surface area (Å²) < 4.78 is 24.0. The molecule has 0 aliphatic heterocycles. The minimum absolute atomic E-state index is 0.0964. The molecule has 0 aliphatic carbocycles. The minimum atomic E-state index is -0.296. The number of nitrogens with zero attached hydrogens (tertiary/aromatic N) is 2. The Morgan fingerprint density at radius 1 is 1.10 bits per heavy atom. The average molecular weight is 437 g/mol. The van der Waals surface area contributed by atoms with Crippen molar-refractivity contribution in [1.82, 2.24) is 15.5 Å². The fourth-order valence-corrected chi connectivity index (χ4v) is 3.67. The number of amides is 1. The molecule has 1 N–H and O–H groups in total. The molecule has 0 bridgehead atoms. The third-order valence-electron chi connectivity index (χ3n) is 4.56. The van der Waals surface area contributed by atoms with Crippen LogP contribution in [0.2, 0.25) is 0 Å². The normalized spacial score (nSPS) is 10.9. The molecular formula is C23H20FN3O3S. The highest BCUT2D eigenvalue weighted by atomic mass is 32.2. The van der Waals surface area contributed by atoms with E-state index in [4.69, 9.17) is 8.94 Å². The lowest BCUT2D eigenvalue weighted by Crippen LogP contribution is -2.24. The number of nitrogens with one attached hydrogen (secondary N) is 1. The summed E-state index contributed by atoms with van der Waals surface area (Å²) in [6, 6.07) is 17.5. The summed E-state index contributed by atoms with van der Waals surface area (Å²) in [6.45, 7) is 2.36. The maximum absolute atomic E-state index is 12.9. The van der Waals surface area contributed by atoms with Crippen LogP contribution < -0.4 is 5.32 Å². The number of halogens is 1. The van der Waals surface area contributed by atoms with Gasteiger partial charge in [0.25, 0.3) is 5.89 Å². The van der Waals surface area contributed by atoms with E-state index >= 15 is 0 Å². The van der Waals surface area contributed by atoms with Crippen molar-refractivity contribution < 1.29 is 18.1 Å². The van der Waals surface area contributed by atoms with Gasteiger partial charge in [-0.1, -0.05) is 41.6 Å². The zero-order valence-corrected chi connectivity index (χ0v) is 17.6. The summed E-state index contributed by atoms with van der Waals surface area (Å²) in [5.74, 6) is 2.45. The molecule has 0 spiro atoms. The van der Waals surface area contributed by atoms with Gasteiger partial charge in [0.1, 0.15) is 11.6 Å². The third-order valence-corrected chi connectivity index (χ3v) is 5.52. The quantitative estimate of drug-likeness (QED) is 0.418. The number of rotatable bonds is 8. The van der Waals surface area contributed by atoms with E-state index in [1.165, 1.54) is 23.9 Å². The number of aryl methyl sites for hydroxylation is 1. The second-order valence-electron chi connectivity index (χ2n) is 6.90. The largest absolute Gasteiger partial charge is 0.455 e. The van der Waals surface area contributed by atoms with E-state index in [-0.39, 0.29) is 17.5 Å². The van der Waals surface area contributed by atoms with Gasteiger partial charge < -0.3 is 14.3 Å². The Kier molecular flexibility index (Phi) is 6.47. The predicted octanol–water partition coefficient (Wildman–Crippen LogP) is 4.99. The maximum atomic E-state index is 12.9. The summed E-state index contributed by atoms with van der Waals surface area (Å²) in [5, 5.41) is 6.86. The fourth-order valence-electron chi connectivity index (χ4n) is 2.93. The molecule has 31 heavy (non-hydrogen) atoms. The van der Waals surface area contributed by atoms with Gasteiger partial charge in [-0.25, -0.2) is 4.39 Å². The summed E-state index contributed by atoms with van der Waals surface area (Å²) >= 11 is 1.43. The lowest BCUT2D eigenvalue weighted by Gasteiger charge is -2.05. The van der Waals surface area contributed by atoms with Crippen molar-refractivity contribution in [2.45, 2.75) is 19.2 Å².